The van der Waals surface area contributed by atoms with Crippen LogP contribution in [-0.4, -0.2) is 18.4 Å². The summed E-state index contributed by atoms with van der Waals surface area (Å²) in [4.78, 5) is 4.28. The second kappa shape index (κ2) is 6.25. The molecule has 0 heterocycles. The first-order valence-electron chi connectivity index (χ1n) is 5.81. The number of hydrogen-bond donors (Lipinski definition) is 1. The van der Waals surface area contributed by atoms with Crippen LogP contribution in [0.15, 0.2) is 47.5 Å². The molecule has 0 atom stereocenters. The average molecular weight is 276 g/mol. The molecule has 0 spiro atoms. The number of halogens is 1. The number of nitrogens with zero attached hydrogens (tertiary/aromatic N) is 1. The van der Waals surface area contributed by atoms with Crippen LogP contribution in [0.25, 0.3) is 0 Å². The summed E-state index contributed by atoms with van der Waals surface area (Å²) in [6, 6.07) is 12.5. The second-order valence-corrected chi connectivity index (χ2v) is 4.39. The Hall–Kier alpha value is -2.00. The van der Waals surface area contributed by atoms with Gasteiger partial charge in [-0.25, -0.2) is 0 Å². The Morgan fingerprint density at radius 3 is 2.79 bits per heavy atom. The van der Waals surface area contributed by atoms with Gasteiger partial charge >= 0.3 is 0 Å². The highest BCUT2D eigenvalue weighted by molar-refractivity contribution is 6.31. The molecule has 0 radical (unpaired) electrons. The van der Waals surface area contributed by atoms with Gasteiger partial charge in [0.25, 0.3) is 0 Å². The smallest absolute Gasteiger partial charge is 0.124 e. The van der Waals surface area contributed by atoms with Crippen LogP contribution in [0.2, 0.25) is 5.02 Å². The molecule has 1 N–H and O–H groups in total. The lowest BCUT2D eigenvalue weighted by molar-refractivity contribution is 0.412. The Morgan fingerprint density at radius 2 is 2.05 bits per heavy atom. The van der Waals surface area contributed by atoms with Crippen molar-refractivity contribution in [1.29, 1.82) is 0 Å². The minimum atomic E-state index is 0.170. The van der Waals surface area contributed by atoms with Crippen molar-refractivity contribution in [2.24, 2.45) is 4.99 Å². The molecule has 98 valence electrons. The molecule has 2 aromatic carbocycles. The zero-order chi connectivity index (χ0) is 13.7. The van der Waals surface area contributed by atoms with Crippen LogP contribution in [0.4, 0.5) is 0 Å². The summed E-state index contributed by atoms with van der Waals surface area (Å²) in [5, 5.41) is 10.4. The van der Waals surface area contributed by atoms with E-state index >= 15 is 0 Å². The third-order valence-corrected chi connectivity index (χ3v) is 3.05. The van der Waals surface area contributed by atoms with E-state index in [0.717, 1.165) is 5.56 Å². The molecule has 0 unspecified atom stereocenters. The van der Waals surface area contributed by atoms with Crippen molar-refractivity contribution in [2.45, 2.75) is 6.54 Å². The van der Waals surface area contributed by atoms with Gasteiger partial charge in [0.05, 0.1) is 13.7 Å². The Labute approximate surface area is 117 Å². The molecule has 0 saturated heterocycles. The first-order chi connectivity index (χ1) is 9.20. The number of ether oxygens (including phenoxy) is 1. The maximum Gasteiger partial charge on any atom is 0.124 e. The molecular weight excluding hydrogens is 262 g/mol. The molecule has 0 aliphatic carbocycles. The average Bonchev–Trinajstić information content (AvgIpc) is 2.43. The summed E-state index contributed by atoms with van der Waals surface area (Å²) in [7, 11) is 1.58. The fourth-order valence-electron chi connectivity index (χ4n) is 1.63. The van der Waals surface area contributed by atoms with E-state index < -0.39 is 0 Å². The summed E-state index contributed by atoms with van der Waals surface area (Å²) in [6.45, 7) is 0.469. The van der Waals surface area contributed by atoms with E-state index in [0.29, 0.717) is 22.9 Å². The molecule has 4 heteroatoms. The molecule has 0 amide bonds. The number of benzene rings is 2. The molecule has 2 aromatic rings. The van der Waals surface area contributed by atoms with E-state index in [1.807, 2.05) is 24.3 Å². The quantitative estimate of drug-likeness (QED) is 0.865. The second-order valence-electron chi connectivity index (χ2n) is 3.99. The minimum Gasteiger partial charge on any atom is -0.507 e. The van der Waals surface area contributed by atoms with Gasteiger partial charge in [-0.2, -0.15) is 0 Å². The van der Waals surface area contributed by atoms with Gasteiger partial charge in [0, 0.05) is 16.8 Å². The fourth-order valence-corrected chi connectivity index (χ4v) is 1.83. The summed E-state index contributed by atoms with van der Waals surface area (Å²) in [5.74, 6) is 0.848. The third kappa shape index (κ3) is 3.48. The van der Waals surface area contributed by atoms with E-state index in [2.05, 4.69) is 4.99 Å². The minimum absolute atomic E-state index is 0.170. The van der Waals surface area contributed by atoms with Crippen molar-refractivity contribution < 1.29 is 9.84 Å². The Balaban J connectivity index is 2.13. The lowest BCUT2D eigenvalue weighted by atomic mass is 10.2. The zero-order valence-electron chi connectivity index (χ0n) is 10.5. The monoisotopic (exact) mass is 275 g/mol. The summed E-state index contributed by atoms with van der Waals surface area (Å²) >= 11 is 6.04. The number of phenols is 1. The van der Waals surface area contributed by atoms with Crippen LogP contribution in [0.1, 0.15) is 11.1 Å². The largest absolute Gasteiger partial charge is 0.507 e. The first kappa shape index (κ1) is 13.4. The Bertz CT molecular complexity index is 596. The Kier molecular flexibility index (Phi) is 4.42. The third-order valence-electron chi connectivity index (χ3n) is 2.68. The predicted molar refractivity (Wildman–Crippen MR) is 77.4 cm³/mol. The molecule has 0 aliphatic rings. The molecule has 0 fully saturated rings. The maximum absolute atomic E-state index is 9.71. The number of aliphatic imine (C=N–C) groups is 1. The van der Waals surface area contributed by atoms with Crippen LogP contribution in [0, 0.1) is 0 Å². The van der Waals surface area contributed by atoms with Crippen molar-refractivity contribution in [3.05, 3.63) is 58.6 Å². The summed E-state index contributed by atoms with van der Waals surface area (Å²) < 4.78 is 5.10. The van der Waals surface area contributed by atoms with E-state index in [1.54, 1.807) is 31.5 Å². The standard InChI is InChI=1S/C15H14ClNO2/c1-19-13-6-7-15(18)12(8-13)10-17-9-11-4-2-3-5-14(11)16/h2-8,10,18H,9H2,1H3. The lowest BCUT2D eigenvalue weighted by Gasteiger charge is -2.03. The van der Waals surface area contributed by atoms with Gasteiger partial charge in [-0.3, -0.25) is 4.99 Å². The molecule has 0 saturated carbocycles. The lowest BCUT2D eigenvalue weighted by Crippen LogP contribution is -1.89. The molecule has 0 aromatic heterocycles. The van der Waals surface area contributed by atoms with Gasteiger partial charge in [0.2, 0.25) is 0 Å². The highest BCUT2D eigenvalue weighted by atomic mass is 35.5. The molecular formula is C15H14ClNO2. The predicted octanol–water partition coefficient (Wildman–Crippen LogP) is 3.67. The van der Waals surface area contributed by atoms with Crippen molar-refractivity contribution in [3.63, 3.8) is 0 Å². The van der Waals surface area contributed by atoms with Gasteiger partial charge in [-0.15, -0.1) is 0 Å². The van der Waals surface area contributed by atoms with Crippen molar-refractivity contribution in [2.75, 3.05) is 7.11 Å². The molecule has 0 bridgehead atoms. The molecule has 19 heavy (non-hydrogen) atoms. The zero-order valence-corrected chi connectivity index (χ0v) is 11.3. The van der Waals surface area contributed by atoms with Crippen LogP contribution in [0.5, 0.6) is 11.5 Å². The van der Waals surface area contributed by atoms with Crippen LogP contribution < -0.4 is 4.74 Å². The summed E-state index contributed by atoms with van der Waals surface area (Å²) in [6.07, 6.45) is 1.61. The van der Waals surface area contributed by atoms with Crippen LogP contribution in [0.3, 0.4) is 0 Å². The van der Waals surface area contributed by atoms with Crippen molar-refractivity contribution in [3.8, 4) is 11.5 Å². The van der Waals surface area contributed by atoms with E-state index in [1.165, 1.54) is 0 Å². The van der Waals surface area contributed by atoms with Crippen LogP contribution >= 0.6 is 11.6 Å². The van der Waals surface area contributed by atoms with E-state index in [9.17, 15) is 5.11 Å². The van der Waals surface area contributed by atoms with Crippen molar-refractivity contribution in [1.82, 2.24) is 0 Å². The van der Waals surface area contributed by atoms with Crippen LogP contribution in [-0.2, 0) is 6.54 Å². The van der Waals surface area contributed by atoms with E-state index in [4.69, 9.17) is 16.3 Å². The first-order valence-corrected chi connectivity index (χ1v) is 6.18. The molecule has 0 aliphatic heterocycles. The molecule has 2 rings (SSSR count). The van der Waals surface area contributed by atoms with Crippen molar-refractivity contribution >= 4 is 17.8 Å². The van der Waals surface area contributed by atoms with Gasteiger partial charge in [-0.1, -0.05) is 29.8 Å². The van der Waals surface area contributed by atoms with Gasteiger partial charge in [0.15, 0.2) is 0 Å². The van der Waals surface area contributed by atoms with E-state index in [-0.39, 0.29) is 5.75 Å². The highest BCUT2D eigenvalue weighted by Gasteiger charge is 2.01. The number of hydrogen-bond acceptors (Lipinski definition) is 3. The normalized spacial score (nSPS) is 10.8. The maximum atomic E-state index is 9.71. The topological polar surface area (TPSA) is 41.8 Å². The number of aromatic hydroxyl groups is 1. The van der Waals surface area contributed by atoms with Gasteiger partial charge in [0.1, 0.15) is 11.5 Å². The Morgan fingerprint density at radius 1 is 1.26 bits per heavy atom. The van der Waals surface area contributed by atoms with Gasteiger partial charge < -0.3 is 9.84 Å². The SMILES string of the molecule is COc1ccc(O)c(C=NCc2ccccc2Cl)c1. The number of rotatable bonds is 4. The fraction of sp³-hybridized carbons (Fsp3) is 0.133. The summed E-state index contributed by atoms with van der Waals surface area (Å²) in [5.41, 5.74) is 1.56. The highest BCUT2D eigenvalue weighted by Crippen LogP contribution is 2.21. The number of phenolic OH excluding ortho intramolecular Hbond substituents is 1. The number of methoxy groups -OCH3 is 1. The van der Waals surface area contributed by atoms with Gasteiger partial charge in [-0.05, 0) is 29.8 Å². The molecule has 3 nitrogen and oxygen atoms in total.